The second kappa shape index (κ2) is 7.81. The molecule has 1 N–H and O–H groups in total. The van der Waals surface area contributed by atoms with Crippen molar-refractivity contribution in [1.82, 2.24) is 20.1 Å². The number of amides is 1. The van der Waals surface area contributed by atoms with Gasteiger partial charge in [-0.2, -0.15) is 0 Å². The van der Waals surface area contributed by atoms with Gasteiger partial charge in [0.15, 0.2) is 11.9 Å². The van der Waals surface area contributed by atoms with Gasteiger partial charge in [-0.05, 0) is 31.2 Å². The molecule has 0 aliphatic carbocycles. The number of ether oxygens (including phenoxy) is 1. The minimum absolute atomic E-state index is 0.240. The van der Waals surface area contributed by atoms with Gasteiger partial charge in [-0.3, -0.25) is 9.36 Å². The Morgan fingerprint density at radius 2 is 1.92 bits per heavy atom. The van der Waals surface area contributed by atoms with E-state index in [1.165, 1.54) is 0 Å². The number of carbonyl (C=O) groups is 1. The molecule has 0 saturated heterocycles. The molecule has 0 bridgehead atoms. The molecule has 2 aromatic carbocycles. The van der Waals surface area contributed by atoms with Crippen LogP contribution in [0.5, 0.6) is 5.75 Å². The Labute approximate surface area is 150 Å². The first kappa shape index (κ1) is 17.0. The molecule has 128 valence electrons. The van der Waals surface area contributed by atoms with Crippen molar-refractivity contribution in [2.24, 2.45) is 0 Å². The fourth-order valence-corrected chi connectivity index (χ4v) is 2.46. The van der Waals surface area contributed by atoms with Gasteiger partial charge in [0.05, 0.1) is 11.6 Å². The Hall–Kier alpha value is -2.86. The highest BCUT2D eigenvalue weighted by Crippen LogP contribution is 2.24. The summed E-state index contributed by atoms with van der Waals surface area (Å²) in [5.41, 5.74) is 0.928. The summed E-state index contributed by atoms with van der Waals surface area (Å²) < 4.78 is 7.42. The highest BCUT2D eigenvalue weighted by molar-refractivity contribution is 6.32. The molecule has 0 spiro atoms. The van der Waals surface area contributed by atoms with Gasteiger partial charge in [-0.1, -0.05) is 41.9 Å². The molecule has 0 radical (unpaired) electrons. The third kappa shape index (κ3) is 4.16. The van der Waals surface area contributed by atoms with E-state index < -0.39 is 6.10 Å². The minimum Gasteiger partial charge on any atom is -0.479 e. The molecule has 7 heteroatoms. The molecular formula is C18H17ClN4O2. The summed E-state index contributed by atoms with van der Waals surface area (Å²) in [6, 6.07) is 16.7. The predicted octanol–water partition coefficient (Wildman–Crippen LogP) is 3.00. The van der Waals surface area contributed by atoms with Crippen molar-refractivity contribution >= 4 is 17.5 Å². The molecule has 6 nitrogen and oxygen atoms in total. The van der Waals surface area contributed by atoms with Gasteiger partial charge in [-0.15, -0.1) is 10.2 Å². The van der Waals surface area contributed by atoms with Crippen LogP contribution in [0.1, 0.15) is 12.7 Å². The van der Waals surface area contributed by atoms with Gasteiger partial charge < -0.3 is 10.1 Å². The second-order valence-corrected chi connectivity index (χ2v) is 5.77. The molecule has 0 aliphatic rings. The van der Waals surface area contributed by atoms with Crippen molar-refractivity contribution in [3.05, 3.63) is 71.8 Å². The number of benzene rings is 2. The Morgan fingerprint density at radius 3 is 2.68 bits per heavy atom. The Kier molecular flexibility index (Phi) is 5.30. The highest BCUT2D eigenvalue weighted by atomic mass is 35.5. The maximum absolute atomic E-state index is 12.3. The fourth-order valence-electron chi connectivity index (χ4n) is 2.28. The van der Waals surface area contributed by atoms with Gasteiger partial charge in [0.25, 0.3) is 5.91 Å². The Balaban J connectivity index is 1.61. The van der Waals surface area contributed by atoms with Crippen LogP contribution in [0.3, 0.4) is 0 Å². The summed E-state index contributed by atoms with van der Waals surface area (Å²) in [6.45, 7) is 1.91. The summed E-state index contributed by atoms with van der Waals surface area (Å²) in [5, 5.41) is 11.2. The van der Waals surface area contributed by atoms with Crippen LogP contribution < -0.4 is 10.1 Å². The summed E-state index contributed by atoms with van der Waals surface area (Å²) in [5.74, 6) is 0.839. The van der Waals surface area contributed by atoms with E-state index in [0.29, 0.717) is 16.6 Å². The summed E-state index contributed by atoms with van der Waals surface area (Å²) >= 11 is 6.04. The summed E-state index contributed by atoms with van der Waals surface area (Å²) in [4.78, 5) is 12.3. The van der Waals surface area contributed by atoms with E-state index in [4.69, 9.17) is 16.3 Å². The number of rotatable bonds is 6. The lowest BCUT2D eigenvalue weighted by atomic mass is 10.3. The number of hydrogen-bond donors (Lipinski definition) is 1. The molecule has 3 aromatic rings. The van der Waals surface area contributed by atoms with E-state index in [2.05, 4.69) is 15.5 Å². The molecule has 1 atom stereocenters. The molecule has 1 amide bonds. The molecule has 1 heterocycles. The topological polar surface area (TPSA) is 69.0 Å². The molecule has 0 unspecified atom stereocenters. The lowest BCUT2D eigenvalue weighted by Gasteiger charge is -2.15. The first-order valence-corrected chi connectivity index (χ1v) is 8.16. The van der Waals surface area contributed by atoms with Crippen molar-refractivity contribution < 1.29 is 9.53 Å². The van der Waals surface area contributed by atoms with Crippen LogP contribution >= 0.6 is 11.6 Å². The molecule has 1 aromatic heterocycles. The summed E-state index contributed by atoms with van der Waals surface area (Å²) in [7, 11) is 0. The number of hydrogen-bond acceptors (Lipinski definition) is 4. The third-order valence-electron chi connectivity index (χ3n) is 3.58. The molecule has 3 rings (SSSR count). The molecule has 0 fully saturated rings. The third-order valence-corrected chi connectivity index (χ3v) is 3.90. The maximum atomic E-state index is 12.3. The zero-order valence-electron chi connectivity index (χ0n) is 13.6. The lowest BCUT2D eigenvalue weighted by Crippen LogP contribution is -2.36. The van der Waals surface area contributed by atoms with Gasteiger partial charge >= 0.3 is 0 Å². The number of aromatic nitrogens is 3. The van der Waals surface area contributed by atoms with E-state index >= 15 is 0 Å². The number of nitrogens with one attached hydrogen (secondary N) is 1. The average Bonchev–Trinajstić information content (AvgIpc) is 3.11. The Morgan fingerprint density at radius 1 is 1.20 bits per heavy atom. The monoisotopic (exact) mass is 356 g/mol. The zero-order valence-corrected chi connectivity index (χ0v) is 14.3. The average molecular weight is 357 g/mol. The van der Waals surface area contributed by atoms with Gasteiger partial charge in [0, 0.05) is 5.69 Å². The highest BCUT2D eigenvalue weighted by Gasteiger charge is 2.17. The van der Waals surface area contributed by atoms with Crippen molar-refractivity contribution in [2.75, 3.05) is 0 Å². The van der Waals surface area contributed by atoms with Gasteiger partial charge in [-0.25, -0.2) is 0 Å². The van der Waals surface area contributed by atoms with Crippen LogP contribution in [0.25, 0.3) is 5.69 Å². The normalized spacial score (nSPS) is 11.8. The van der Waals surface area contributed by atoms with Gasteiger partial charge in [0.1, 0.15) is 12.1 Å². The van der Waals surface area contributed by atoms with Crippen molar-refractivity contribution in [3.63, 3.8) is 0 Å². The van der Waals surface area contributed by atoms with Crippen LogP contribution in [0.2, 0.25) is 5.02 Å². The fraction of sp³-hybridized carbons (Fsp3) is 0.167. The standard InChI is InChI=1S/C18H17ClN4O2/c1-13(25-16-10-6-5-9-15(16)19)18(24)20-11-17-22-21-12-23(17)14-7-3-2-4-8-14/h2-10,12-13H,11H2,1H3,(H,20,24)/t13-/m1/s1. The smallest absolute Gasteiger partial charge is 0.261 e. The van der Waals surface area contributed by atoms with E-state index in [9.17, 15) is 4.79 Å². The molecular weight excluding hydrogens is 340 g/mol. The van der Waals surface area contributed by atoms with E-state index in [0.717, 1.165) is 5.69 Å². The van der Waals surface area contributed by atoms with Crippen molar-refractivity contribution in [2.45, 2.75) is 19.6 Å². The van der Waals surface area contributed by atoms with Crippen LogP contribution in [-0.4, -0.2) is 26.8 Å². The predicted molar refractivity (Wildman–Crippen MR) is 94.7 cm³/mol. The number of para-hydroxylation sites is 2. The van der Waals surface area contributed by atoms with Crippen LogP contribution in [0, 0.1) is 0 Å². The molecule has 0 saturated carbocycles. The van der Waals surface area contributed by atoms with E-state index in [1.807, 2.05) is 34.9 Å². The molecule has 0 aliphatic heterocycles. The van der Waals surface area contributed by atoms with Crippen LogP contribution in [0.4, 0.5) is 0 Å². The maximum Gasteiger partial charge on any atom is 0.261 e. The lowest BCUT2D eigenvalue weighted by molar-refractivity contribution is -0.127. The minimum atomic E-state index is -0.687. The zero-order chi connectivity index (χ0) is 17.6. The Bertz CT molecular complexity index is 851. The van der Waals surface area contributed by atoms with Crippen molar-refractivity contribution in [1.29, 1.82) is 0 Å². The van der Waals surface area contributed by atoms with E-state index in [1.54, 1.807) is 37.5 Å². The first-order valence-electron chi connectivity index (χ1n) is 7.78. The quantitative estimate of drug-likeness (QED) is 0.737. The van der Waals surface area contributed by atoms with Crippen LogP contribution in [-0.2, 0) is 11.3 Å². The number of halogens is 1. The second-order valence-electron chi connectivity index (χ2n) is 5.36. The van der Waals surface area contributed by atoms with Gasteiger partial charge in [0.2, 0.25) is 0 Å². The SMILES string of the molecule is C[C@@H](Oc1ccccc1Cl)C(=O)NCc1nncn1-c1ccccc1. The van der Waals surface area contributed by atoms with E-state index in [-0.39, 0.29) is 12.5 Å². The number of nitrogens with zero attached hydrogens (tertiary/aromatic N) is 3. The van der Waals surface area contributed by atoms with Crippen LogP contribution in [0.15, 0.2) is 60.9 Å². The largest absolute Gasteiger partial charge is 0.479 e. The molecule has 25 heavy (non-hydrogen) atoms. The van der Waals surface area contributed by atoms with Crippen molar-refractivity contribution in [3.8, 4) is 11.4 Å². The first-order chi connectivity index (χ1) is 12.1. The number of carbonyl (C=O) groups excluding carboxylic acids is 1. The summed E-state index contributed by atoms with van der Waals surface area (Å²) in [6.07, 6.45) is 0.925.